The van der Waals surface area contributed by atoms with Crippen LogP contribution in [0.25, 0.3) is 6.08 Å². The molecule has 2 aliphatic rings. The molecule has 1 aromatic rings. The molecule has 2 aliphatic heterocycles. The van der Waals surface area contributed by atoms with Gasteiger partial charge in [0.1, 0.15) is 5.57 Å². The van der Waals surface area contributed by atoms with Gasteiger partial charge < -0.3 is 4.90 Å². The molecular weight excluding hydrogens is 346 g/mol. The maximum absolute atomic E-state index is 12.1. The van der Waals surface area contributed by atoms with Crippen LogP contribution < -0.4 is 15.5 Å². The lowest BCUT2D eigenvalue weighted by Crippen LogP contribution is -2.51. The Bertz CT molecular complexity index is 804. The van der Waals surface area contributed by atoms with E-state index in [-0.39, 0.29) is 16.2 Å². The number of nitrogens with zero attached hydrogens (tertiary/aromatic N) is 1. The number of carbonyl (C=O) groups is 2. The lowest BCUT2D eigenvalue weighted by atomic mass is 9.79. The largest absolute Gasteiger partial charge is 0.364 e. The highest BCUT2D eigenvalue weighted by molar-refractivity contribution is 7.80. The summed E-state index contributed by atoms with van der Waals surface area (Å²) >= 11 is 4.83. The average molecular weight is 372 g/mol. The van der Waals surface area contributed by atoms with Crippen molar-refractivity contribution >= 4 is 40.9 Å². The van der Waals surface area contributed by atoms with E-state index in [9.17, 15) is 9.59 Å². The molecule has 3 rings (SSSR count). The average Bonchev–Trinajstić information content (AvgIpc) is 2.50. The molecular formula is C20H25N3O2S. The minimum absolute atomic E-state index is 0.0472. The van der Waals surface area contributed by atoms with Gasteiger partial charge in [-0.3, -0.25) is 20.2 Å². The molecule has 2 heterocycles. The van der Waals surface area contributed by atoms with Crippen LogP contribution in [0.4, 0.5) is 5.69 Å². The summed E-state index contributed by atoms with van der Waals surface area (Å²) in [6.45, 7) is 11.2. The summed E-state index contributed by atoms with van der Waals surface area (Å²) in [6.07, 6.45) is 2.67. The number of hydrogen-bond acceptors (Lipinski definition) is 4. The van der Waals surface area contributed by atoms with Gasteiger partial charge in [0.05, 0.1) is 0 Å². The standard InChI is InChI=1S/C20H25N3O2S/c1-11(2)23-16-7-6-13(8-14(16)12(3)10-20(23,4)5)9-15-17(24)21-19(26)22-18(15)25/h6-9,11-12H,10H2,1-5H3,(H2,21,22,24,25,26)/t12-/m0/s1. The van der Waals surface area contributed by atoms with Crippen LogP contribution in [-0.2, 0) is 9.59 Å². The van der Waals surface area contributed by atoms with Gasteiger partial charge in [-0.2, -0.15) is 0 Å². The molecule has 0 aromatic heterocycles. The summed E-state index contributed by atoms with van der Waals surface area (Å²) in [5, 5.41) is 4.98. The molecule has 1 saturated heterocycles. The molecule has 0 radical (unpaired) electrons. The van der Waals surface area contributed by atoms with E-state index in [0.29, 0.717) is 12.0 Å². The summed E-state index contributed by atoms with van der Waals surface area (Å²) < 4.78 is 0. The minimum atomic E-state index is -0.463. The van der Waals surface area contributed by atoms with Gasteiger partial charge in [0.2, 0.25) is 0 Å². The molecule has 0 spiro atoms. The fourth-order valence-electron chi connectivity index (χ4n) is 4.31. The van der Waals surface area contributed by atoms with Crippen molar-refractivity contribution in [3.8, 4) is 0 Å². The Morgan fingerprint density at radius 2 is 1.85 bits per heavy atom. The Hall–Kier alpha value is -2.21. The van der Waals surface area contributed by atoms with Crippen LogP contribution in [0.15, 0.2) is 23.8 Å². The van der Waals surface area contributed by atoms with E-state index in [2.05, 4.69) is 62.3 Å². The maximum Gasteiger partial charge on any atom is 0.263 e. The van der Waals surface area contributed by atoms with Crippen LogP contribution in [0, 0.1) is 0 Å². The fourth-order valence-corrected chi connectivity index (χ4v) is 4.50. The maximum atomic E-state index is 12.1. The summed E-state index contributed by atoms with van der Waals surface area (Å²) in [5.74, 6) is -0.529. The smallest absolute Gasteiger partial charge is 0.263 e. The molecule has 0 bridgehead atoms. The first kappa shape index (κ1) is 18.6. The van der Waals surface area contributed by atoms with E-state index in [1.807, 2.05) is 6.07 Å². The zero-order chi connectivity index (χ0) is 19.2. The molecule has 1 atom stereocenters. The first-order chi connectivity index (χ1) is 12.1. The zero-order valence-electron chi connectivity index (χ0n) is 15.8. The molecule has 2 amide bonds. The molecule has 26 heavy (non-hydrogen) atoms. The van der Waals surface area contributed by atoms with E-state index in [0.717, 1.165) is 12.0 Å². The molecule has 6 heteroatoms. The number of thiocarbonyl (C=S) groups is 1. The predicted molar refractivity (Wildman–Crippen MR) is 108 cm³/mol. The van der Waals surface area contributed by atoms with Crippen molar-refractivity contribution in [1.29, 1.82) is 0 Å². The number of hydrogen-bond donors (Lipinski definition) is 2. The second kappa shape index (κ2) is 6.50. The highest BCUT2D eigenvalue weighted by Crippen LogP contribution is 2.44. The second-order valence-corrected chi connectivity index (χ2v) is 8.40. The number of benzene rings is 1. The van der Waals surface area contributed by atoms with E-state index in [1.54, 1.807) is 6.08 Å². The Kier molecular flexibility index (Phi) is 4.65. The predicted octanol–water partition coefficient (Wildman–Crippen LogP) is 3.10. The van der Waals surface area contributed by atoms with Crippen LogP contribution >= 0.6 is 12.2 Å². The van der Waals surface area contributed by atoms with Crippen LogP contribution in [0.1, 0.15) is 58.1 Å². The molecule has 1 aromatic carbocycles. The lowest BCUT2D eigenvalue weighted by Gasteiger charge is -2.50. The van der Waals surface area contributed by atoms with E-state index in [1.165, 1.54) is 11.3 Å². The molecule has 0 aliphatic carbocycles. The van der Waals surface area contributed by atoms with Gasteiger partial charge in [-0.15, -0.1) is 0 Å². The summed E-state index contributed by atoms with van der Waals surface area (Å²) in [6, 6.07) is 6.53. The SMILES string of the molecule is CC(C)N1c2ccc(C=C3C(=O)NC(=S)NC3=O)cc2[C@@H](C)CC1(C)C. The number of nitrogens with one attached hydrogen (secondary N) is 2. The fraction of sp³-hybridized carbons (Fsp3) is 0.450. The summed E-state index contributed by atoms with van der Waals surface area (Å²) in [4.78, 5) is 26.6. The van der Waals surface area contributed by atoms with Crippen LogP contribution in [0.5, 0.6) is 0 Å². The highest BCUT2D eigenvalue weighted by atomic mass is 32.1. The van der Waals surface area contributed by atoms with Gasteiger partial charge in [-0.1, -0.05) is 13.0 Å². The molecule has 2 N–H and O–H groups in total. The Morgan fingerprint density at radius 1 is 1.23 bits per heavy atom. The first-order valence-electron chi connectivity index (χ1n) is 8.92. The Balaban J connectivity index is 2.03. The van der Waals surface area contributed by atoms with E-state index in [4.69, 9.17) is 12.2 Å². The summed E-state index contributed by atoms with van der Waals surface area (Å²) in [5.41, 5.74) is 3.47. The van der Waals surface area contributed by atoms with Crippen molar-refractivity contribution in [1.82, 2.24) is 10.6 Å². The quantitative estimate of drug-likeness (QED) is 0.476. The number of carbonyl (C=O) groups excluding carboxylic acids is 2. The van der Waals surface area contributed by atoms with Crippen molar-refractivity contribution in [2.24, 2.45) is 0 Å². The minimum Gasteiger partial charge on any atom is -0.364 e. The molecule has 0 saturated carbocycles. The third-order valence-electron chi connectivity index (χ3n) is 5.07. The third-order valence-corrected chi connectivity index (χ3v) is 5.27. The first-order valence-corrected chi connectivity index (χ1v) is 9.32. The van der Waals surface area contributed by atoms with Gasteiger partial charge in [-0.05, 0) is 81.6 Å². The molecule has 1 fully saturated rings. The van der Waals surface area contributed by atoms with Crippen molar-refractivity contribution in [2.45, 2.75) is 58.5 Å². The topological polar surface area (TPSA) is 61.4 Å². The van der Waals surface area contributed by atoms with Crippen molar-refractivity contribution < 1.29 is 9.59 Å². The highest BCUT2D eigenvalue weighted by Gasteiger charge is 2.37. The number of anilines is 1. The Morgan fingerprint density at radius 3 is 2.42 bits per heavy atom. The summed E-state index contributed by atoms with van der Waals surface area (Å²) in [7, 11) is 0. The molecule has 138 valence electrons. The van der Waals surface area contributed by atoms with Crippen LogP contribution in [0.2, 0.25) is 0 Å². The third kappa shape index (κ3) is 3.26. The molecule has 5 nitrogen and oxygen atoms in total. The van der Waals surface area contributed by atoms with Crippen LogP contribution in [0.3, 0.4) is 0 Å². The number of amides is 2. The van der Waals surface area contributed by atoms with Gasteiger partial charge >= 0.3 is 0 Å². The van der Waals surface area contributed by atoms with Crippen molar-refractivity contribution in [3.05, 3.63) is 34.9 Å². The van der Waals surface area contributed by atoms with Gasteiger partial charge in [0.25, 0.3) is 11.8 Å². The number of rotatable bonds is 2. The van der Waals surface area contributed by atoms with Crippen LogP contribution in [-0.4, -0.2) is 28.5 Å². The van der Waals surface area contributed by atoms with E-state index >= 15 is 0 Å². The van der Waals surface area contributed by atoms with Crippen molar-refractivity contribution in [3.63, 3.8) is 0 Å². The van der Waals surface area contributed by atoms with Crippen molar-refractivity contribution in [2.75, 3.05) is 4.90 Å². The van der Waals surface area contributed by atoms with Gasteiger partial charge in [0.15, 0.2) is 5.11 Å². The Labute approximate surface area is 159 Å². The number of fused-ring (bicyclic) bond motifs is 1. The lowest BCUT2D eigenvalue weighted by molar-refractivity contribution is -0.123. The van der Waals surface area contributed by atoms with Gasteiger partial charge in [0, 0.05) is 17.3 Å². The zero-order valence-corrected chi connectivity index (χ0v) is 16.7. The van der Waals surface area contributed by atoms with E-state index < -0.39 is 11.8 Å². The van der Waals surface area contributed by atoms with Gasteiger partial charge in [-0.25, -0.2) is 0 Å². The normalized spacial score (nSPS) is 22.1. The monoisotopic (exact) mass is 371 g/mol. The second-order valence-electron chi connectivity index (χ2n) is 7.99. The molecule has 0 unspecified atom stereocenters.